The van der Waals surface area contributed by atoms with Crippen LogP contribution in [0.25, 0.3) is 11.1 Å². The van der Waals surface area contributed by atoms with Gasteiger partial charge in [-0.15, -0.1) is 0 Å². The standard InChI is InChI=1S/C30H30F4O2/c1-17(2)23-14-20-15-29(12-3-13-29)16-24(35)25(20)26(18-6-10-22(31)11-7-18)27(23)28(36)19-4-8-21(9-5-19)30(32,33)34/h4-11,14,17,24,28,35-36H,3,12-13,15-16H2,1-2H3/p+1/t24-,28?/m0/s1. The normalized spacial score (nSPS) is 19.8. The van der Waals surface area contributed by atoms with Gasteiger partial charge in [0.25, 0.3) is 0 Å². The van der Waals surface area contributed by atoms with Crippen LogP contribution in [0.2, 0.25) is 0 Å². The van der Waals surface area contributed by atoms with Gasteiger partial charge in [-0.3, -0.25) is 0 Å². The molecular weight excluding hydrogens is 468 g/mol. The van der Waals surface area contributed by atoms with Crippen molar-refractivity contribution in [2.75, 3.05) is 0 Å². The molecule has 0 aliphatic heterocycles. The minimum atomic E-state index is -4.46. The molecule has 0 aromatic heterocycles. The van der Waals surface area contributed by atoms with Gasteiger partial charge < -0.3 is 10.2 Å². The lowest BCUT2D eigenvalue weighted by Crippen LogP contribution is -2.37. The van der Waals surface area contributed by atoms with E-state index in [0.717, 1.165) is 60.1 Å². The average Bonchev–Trinajstić information content (AvgIpc) is 2.81. The molecule has 2 atom stereocenters. The van der Waals surface area contributed by atoms with Crippen LogP contribution in [0.3, 0.4) is 0 Å². The van der Waals surface area contributed by atoms with Gasteiger partial charge in [0.15, 0.2) is 6.10 Å². The number of aliphatic hydroxyl groups excluding tert-OH is 1. The van der Waals surface area contributed by atoms with Crippen molar-refractivity contribution in [3.63, 3.8) is 0 Å². The summed E-state index contributed by atoms with van der Waals surface area (Å²) in [5.41, 5.74) is 4.61. The van der Waals surface area contributed by atoms with E-state index >= 15 is 0 Å². The number of aliphatic hydroxyl groups is 1. The smallest absolute Gasteiger partial charge is 0.416 e. The molecule has 1 saturated carbocycles. The van der Waals surface area contributed by atoms with Crippen LogP contribution in [0.1, 0.15) is 91.0 Å². The Kier molecular flexibility index (Phi) is 6.24. The number of alkyl halides is 3. The zero-order valence-corrected chi connectivity index (χ0v) is 20.4. The Labute approximate surface area is 208 Å². The highest BCUT2D eigenvalue weighted by atomic mass is 19.4. The summed E-state index contributed by atoms with van der Waals surface area (Å²) in [4.78, 5) is 0. The molecule has 6 heteroatoms. The lowest BCUT2D eigenvalue weighted by molar-refractivity contribution is -0.137. The summed E-state index contributed by atoms with van der Waals surface area (Å²) in [7, 11) is 0. The second-order valence-electron chi connectivity index (χ2n) is 10.8. The average molecular weight is 500 g/mol. The molecule has 3 aromatic carbocycles. The molecule has 0 saturated heterocycles. The number of halogens is 4. The molecule has 1 spiro atoms. The van der Waals surface area contributed by atoms with E-state index in [1.807, 2.05) is 13.8 Å². The van der Waals surface area contributed by atoms with E-state index in [0.29, 0.717) is 16.7 Å². The van der Waals surface area contributed by atoms with E-state index in [2.05, 4.69) is 6.07 Å². The van der Waals surface area contributed by atoms with Gasteiger partial charge in [-0.05, 0) is 88.2 Å². The van der Waals surface area contributed by atoms with Crippen molar-refractivity contribution < 1.29 is 27.8 Å². The molecule has 2 aliphatic carbocycles. The summed E-state index contributed by atoms with van der Waals surface area (Å²) in [6.07, 6.45) is -1.13. The minimum absolute atomic E-state index is 0.0250. The van der Waals surface area contributed by atoms with Gasteiger partial charge in [0.2, 0.25) is 0 Å². The van der Waals surface area contributed by atoms with Gasteiger partial charge in [-0.25, -0.2) is 4.39 Å². The second kappa shape index (κ2) is 9.00. The third-order valence-corrected chi connectivity index (χ3v) is 8.07. The first-order chi connectivity index (χ1) is 17.0. The first kappa shape index (κ1) is 25.0. The fraction of sp³-hybridized carbons (Fsp3) is 0.400. The van der Waals surface area contributed by atoms with Gasteiger partial charge in [0.1, 0.15) is 11.9 Å². The van der Waals surface area contributed by atoms with Gasteiger partial charge in [0.05, 0.1) is 5.56 Å². The quantitative estimate of drug-likeness (QED) is 0.292. The second-order valence-corrected chi connectivity index (χ2v) is 10.8. The molecule has 3 N–H and O–H groups in total. The molecule has 0 bridgehead atoms. The van der Waals surface area contributed by atoms with Crippen LogP contribution in [0.5, 0.6) is 0 Å². The summed E-state index contributed by atoms with van der Waals surface area (Å²) < 4.78 is 53.3. The largest absolute Gasteiger partial charge is 0.440 e. The molecule has 3 aromatic rings. The fourth-order valence-corrected chi connectivity index (χ4v) is 6.13. The lowest BCUT2D eigenvalue weighted by atomic mass is 9.58. The van der Waals surface area contributed by atoms with Crippen molar-refractivity contribution >= 4 is 0 Å². The van der Waals surface area contributed by atoms with E-state index in [9.17, 15) is 22.7 Å². The highest BCUT2D eigenvalue weighted by molar-refractivity contribution is 5.76. The third kappa shape index (κ3) is 4.35. The van der Waals surface area contributed by atoms with E-state index in [-0.39, 0.29) is 17.2 Å². The Balaban J connectivity index is 1.74. The van der Waals surface area contributed by atoms with E-state index in [4.69, 9.17) is 5.11 Å². The zero-order chi connectivity index (χ0) is 25.8. The molecule has 1 unspecified atom stereocenters. The number of rotatable bonds is 4. The van der Waals surface area contributed by atoms with Crippen LogP contribution in [-0.4, -0.2) is 10.2 Å². The maximum Gasteiger partial charge on any atom is 0.416 e. The SMILES string of the molecule is CC(C)c1cc2c(c(-c3ccc(F)cc3)c1C(O)c1ccc(C(F)(F)F)cc1)[C@@H]([OH2+])CC1(CCC1)C2. The Hall–Kier alpha value is -2.70. The number of hydrogen-bond acceptors (Lipinski definition) is 1. The summed E-state index contributed by atoms with van der Waals surface area (Å²) in [5.74, 6) is -0.356. The molecule has 0 radical (unpaired) electrons. The van der Waals surface area contributed by atoms with Crippen LogP contribution < -0.4 is 0 Å². The molecule has 2 aliphatic rings. The summed E-state index contributed by atoms with van der Waals surface area (Å²) in [6.45, 7) is 4.05. The van der Waals surface area contributed by atoms with Gasteiger partial charge >= 0.3 is 6.18 Å². The van der Waals surface area contributed by atoms with Gasteiger partial charge in [-0.1, -0.05) is 50.6 Å². The highest BCUT2D eigenvalue weighted by Crippen LogP contribution is 2.56. The molecule has 36 heavy (non-hydrogen) atoms. The summed E-state index contributed by atoms with van der Waals surface area (Å²) in [6, 6.07) is 12.8. The molecular formula is C30H31F4O2+. The Morgan fingerprint density at radius 2 is 1.64 bits per heavy atom. The molecule has 190 valence electrons. The molecule has 0 amide bonds. The van der Waals surface area contributed by atoms with Crippen LogP contribution in [0.15, 0.2) is 54.6 Å². The van der Waals surface area contributed by atoms with Crippen LogP contribution >= 0.6 is 0 Å². The fourth-order valence-electron chi connectivity index (χ4n) is 6.13. The van der Waals surface area contributed by atoms with Crippen molar-refractivity contribution in [2.45, 2.75) is 70.3 Å². The van der Waals surface area contributed by atoms with Crippen LogP contribution in [0, 0.1) is 11.2 Å². The van der Waals surface area contributed by atoms with Crippen molar-refractivity contribution in [2.24, 2.45) is 5.41 Å². The van der Waals surface area contributed by atoms with Crippen LogP contribution in [-0.2, 0) is 12.6 Å². The first-order valence-electron chi connectivity index (χ1n) is 12.5. The van der Waals surface area contributed by atoms with Crippen molar-refractivity contribution in [1.29, 1.82) is 0 Å². The molecule has 0 heterocycles. The summed E-state index contributed by atoms with van der Waals surface area (Å²) >= 11 is 0. The molecule has 5 rings (SSSR count). The van der Waals surface area contributed by atoms with E-state index in [1.165, 1.54) is 30.7 Å². The highest BCUT2D eigenvalue weighted by Gasteiger charge is 2.46. The Morgan fingerprint density at radius 3 is 2.17 bits per heavy atom. The Morgan fingerprint density at radius 1 is 1.00 bits per heavy atom. The maximum absolute atomic E-state index is 13.9. The van der Waals surface area contributed by atoms with Crippen molar-refractivity contribution in [3.05, 3.63) is 93.8 Å². The van der Waals surface area contributed by atoms with E-state index in [1.54, 1.807) is 12.1 Å². The number of benzene rings is 3. The molecule has 2 nitrogen and oxygen atoms in total. The predicted octanol–water partition coefficient (Wildman–Crippen LogP) is 7.60. The van der Waals surface area contributed by atoms with Crippen molar-refractivity contribution in [3.8, 4) is 11.1 Å². The third-order valence-electron chi connectivity index (χ3n) is 8.07. The first-order valence-corrected chi connectivity index (χ1v) is 12.5. The lowest BCUT2D eigenvalue weighted by Gasteiger charge is -2.46. The number of fused-ring (bicyclic) bond motifs is 1. The zero-order valence-electron chi connectivity index (χ0n) is 20.4. The molecule has 1 fully saturated rings. The predicted molar refractivity (Wildman–Crippen MR) is 132 cm³/mol. The van der Waals surface area contributed by atoms with E-state index < -0.39 is 23.9 Å². The van der Waals surface area contributed by atoms with Crippen LogP contribution in [0.4, 0.5) is 17.6 Å². The maximum atomic E-state index is 13.9. The van der Waals surface area contributed by atoms with Gasteiger partial charge in [-0.2, -0.15) is 13.2 Å². The minimum Gasteiger partial charge on any atom is -0.440 e. The van der Waals surface area contributed by atoms with Gasteiger partial charge in [0, 0.05) is 12.0 Å². The topological polar surface area (TPSA) is 43.1 Å². The Bertz CT molecular complexity index is 1260. The number of hydrogen-bond donors (Lipinski definition) is 1. The van der Waals surface area contributed by atoms with Crippen molar-refractivity contribution in [1.82, 2.24) is 0 Å². The monoisotopic (exact) mass is 499 g/mol. The summed E-state index contributed by atoms with van der Waals surface area (Å²) in [5, 5.41) is 20.8.